The Morgan fingerprint density at radius 3 is 2.67 bits per heavy atom. The number of nitrogens with zero attached hydrogens (tertiary/aromatic N) is 1. The highest BCUT2D eigenvalue weighted by Crippen LogP contribution is 2.41. The highest BCUT2D eigenvalue weighted by atomic mass is 35.5. The van der Waals surface area contributed by atoms with E-state index in [0.29, 0.717) is 26.9 Å². The summed E-state index contributed by atoms with van der Waals surface area (Å²) in [6.45, 7) is 0. The Morgan fingerprint density at radius 1 is 1.33 bits per heavy atom. The summed E-state index contributed by atoms with van der Waals surface area (Å²) >= 11 is 12.1. The number of aromatic nitrogens is 1. The number of halogens is 2. The van der Waals surface area contributed by atoms with Gasteiger partial charge in [0, 0.05) is 17.0 Å². The van der Waals surface area contributed by atoms with Gasteiger partial charge in [-0.15, -0.1) is 0 Å². The normalized spacial score (nSPS) is 15.0. The van der Waals surface area contributed by atoms with Gasteiger partial charge in [-0.25, -0.2) is 4.79 Å². The molecule has 0 unspecified atom stereocenters. The van der Waals surface area contributed by atoms with Gasteiger partial charge >= 0.3 is 5.97 Å². The lowest BCUT2D eigenvalue weighted by Crippen LogP contribution is -2.01. The van der Waals surface area contributed by atoms with Crippen LogP contribution in [0.25, 0.3) is 10.9 Å². The Morgan fingerprint density at radius 2 is 2.06 bits per heavy atom. The van der Waals surface area contributed by atoms with Crippen LogP contribution < -0.4 is 0 Å². The number of carboxylic acid groups (broad SMARTS) is 1. The quantitative estimate of drug-likeness (QED) is 0.901. The van der Waals surface area contributed by atoms with Gasteiger partial charge in [0.15, 0.2) is 0 Å². The highest BCUT2D eigenvalue weighted by Gasteiger charge is 2.27. The monoisotopic (exact) mass is 281 g/mol. The lowest BCUT2D eigenvalue weighted by atomic mass is 10.1. The summed E-state index contributed by atoms with van der Waals surface area (Å²) in [6, 6.07) is 4.89. The van der Waals surface area contributed by atoms with Gasteiger partial charge in [0.2, 0.25) is 0 Å². The summed E-state index contributed by atoms with van der Waals surface area (Å²) in [4.78, 5) is 15.8. The second-order valence-electron chi connectivity index (χ2n) is 4.43. The number of hydrogen-bond donors (Lipinski definition) is 1. The molecule has 0 saturated heterocycles. The lowest BCUT2D eigenvalue weighted by molar-refractivity contribution is 0.0699. The van der Waals surface area contributed by atoms with E-state index in [1.807, 2.05) is 0 Å². The molecule has 1 N–H and O–H groups in total. The third kappa shape index (κ3) is 1.84. The molecule has 5 heteroatoms. The number of pyridine rings is 1. The summed E-state index contributed by atoms with van der Waals surface area (Å²) in [7, 11) is 0. The highest BCUT2D eigenvalue weighted by molar-refractivity contribution is 6.45. The fourth-order valence-electron chi connectivity index (χ4n) is 2.02. The van der Waals surface area contributed by atoms with Crippen molar-refractivity contribution in [2.75, 3.05) is 0 Å². The average molecular weight is 282 g/mol. The van der Waals surface area contributed by atoms with Crippen LogP contribution in [-0.4, -0.2) is 16.1 Å². The van der Waals surface area contributed by atoms with Crippen molar-refractivity contribution in [2.24, 2.45) is 0 Å². The zero-order valence-electron chi connectivity index (χ0n) is 9.28. The van der Waals surface area contributed by atoms with E-state index in [1.165, 1.54) is 0 Å². The van der Waals surface area contributed by atoms with Crippen molar-refractivity contribution >= 4 is 40.1 Å². The van der Waals surface area contributed by atoms with Crippen LogP contribution in [0.1, 0.15) is 34.8 Å². The molecule has 3 rings (SSSR count). The summed E-state index contributed by atoms with van der Waals surface area (Å²) in [5.74, 6) is -0.606. The molecule has 1 aliphatic carbocycles. The van der Waals surface area contributed by atoms with Gasteiger partial charge in [0.1, 0.15) is 0 Å². The van der Waals surface area contributed by atoms with Crippen molar-refractivity contribution in [3.05, 3.63) is 39.5 Å². The molecule has 3 nitrogen and oxygen atoms in total. The fourth-order valence-corrected chi connectivity index (χ4v) is 2.38. The van der Waals surface area contributed by atoms with E-state index in [2.05, 4.69) is 4.98 Å². The van der Waals surface area contributed by atoms with Crippen LogP contribution in [0.3, 0.4) is 0 Å². The molecule has 2 aromatic rings. The molecule has 1 saturated carbocycles. The topological polar surface area (TPSA) is 50.2 Å². The van der Waals surface area contributed by atoms with E-state index in [0.717, 1.165) is 18.5 Å². The molecule has 0 atom stereocenters. The first-order valence-electron chi connectivity index (χ1n) is 5.60. The Balaban J connectivity index is 2.37. The molecule has 0 aliphatic heterocycles. The van der Waals surface area contributed by atoms with Crippen LogP contribution in [-0.2, 0) is 0 Å². The first-order valence-corrected chi connectivity index (χ1v) is 6.35. The Hall–Kier alpha value is -1.32. The Labute approximate surface area is 113 Å². The number of carbonyl (C=O) groups is 1. The fraction of sp³-hybridized carbons (Fsp3) is 0.231. The van der Waals surface area contributed by atoms with E-state index in [4.69, 9.17) is 23.2 Å². The van der Waals surface area contributed by atoms with E-state index in [1.54, 1.807) is 18.2 Å². The first-order chi connectivity index (χ1) is 8.58. The molecule has 0 radical (unpaired) electrons. The summed E-state index contributed by atoms with van der Waals surface area (Å²) in [5, 5.41) is 10.5. The number of rotatable bonds is 2. The molecular weight excluding hydrogens is 273 g/mol. The van der Waals surface area contributed by atoms with E-state index < -0.39 is 5.97 Å². The molecule has 1 aromatic carbocycles. The maximum atomic E-state index is 11.3. The third-order valence-electron chi connectivity index (χ3n) is 3.12. The average Bonchev–Trinajstić information content (AvgIpc) is 3.17. The van der Waals surface area contributed by atoms with E-state index in [9.17, 15) is 9.90 Å². The standard InChI is InChI=1S/C13H9Cl2NO2/c14-9-4-3-7-8(13(17)18)5-10(6-1-2-6)16-12(7)11(9)15/h3-6H,1-2H2,(H,17,18). The molecule has 0 spiro atoms. The van der Waals surface area contributed by atoms with Crippen LogP contribution in [0, 0.1) is 0 Å². The van der Waals surface area contributed by atoms with Gasteiger partial charge in [0.25, 0.3) is 0 Å². The molecule has 1 heterocycles. The lowest BCUT2D eigenvalue weighted by Gasteiger charge is -2.08. The Kier molecular flexibility index (Phi) is 2.68. The number of carboxylic acids is 1. The van der Waals surface area contributed by atoms with Crippen LogP contribution in [0.5, 0.6) is 0 Å². The zero-order chi connectivity index (χ0) is 12.9. The van der Waals surface area contributed by atoms with Crippen molar-refractivity contribution in [3.63, 3.8) is 0 Å². The summed E-state index contributed by atoms with van der Waals surface area (Å²) in [6.07, 6.45) is 2.10. The Bertz CT molecular complexity index is 666. The maximum absolute atomic E-state index is 11.3. The number of hydrogen-bond acceptors (Lipinski definition) is 2. The molecule has 0 amide bonds. The molecule has 92 valence electrons. The van der Waals surface area contributed by atoms with Gasteiger partial charge < -0.3 is 5.11 Å². The van der Waals surface area contributed by atoms with E-state index >= 15 is 0 Å². The second kappa shape index (κ2) is 4.11. The molecule has 18 heavy (non-hydrogen) atoms. The third-order valence-corrected chi connectivity index (χ3v) is 3.91. The summed E-state index contributed by atoms with van der Waals surface area (Å²) in [5.41, 5.74) is 1.51. The van der Waals surface area contributed by atoms with Gasteiger partial charge in [-0.05, 0) is 25.0 Å². The molecular formula is C13H9Cl2NO2. The van der Waals surface area contributed by atoms with Gasteiger partial charge in [0.05, 0.1) is 21.1 Å². The van der Waals surface area contributed by atoms with Crippen molar-refractivity contribution in [1.29, 1.82) is 0 Å². The smallest absolute Gasteiger partial charge is 0.336 e. The predicted molar refractivity (Wildman–Crippen MR) is 70.7 cm³/mol. The number of fused-ring (bicyclic) bond motifs is 1. The molecule has 1 aliphatic rings. The maximum Gasteiger partial charge on any atom is 0.336 e. The van der Waals surface area contributed by atoms with Crippen LogP contribution >= 0.6 is 23.2 Å². The van der Waals surface area contributed by atoms with Crippen LogP contribution in [0.4, 0.5) is 0 Å². The minimum absolute atomic E-state index is 0.237. The van der Waals surface area contributed by atoms with Crippen LogP contribution in [0.15, 0.2) is 18.2 Å². The van der Waals surface area contributed by atoms with E-state index in [-0.39, 0.29) is 5.56 Å². The van der Waals surface area contributed by atoms with Crippen molar-refractivity contribution in [3.8, 4) is 0 Å². The van der Waals surface area contributed by atoms with Gasteiger partial charge in [-0.2, -0.15) is 0 Å². The SMILES string of the molecule is O=C(O)c1cc(C2CC2)nc2c(Cl)c(Cl)ccc12. The van der Waals surface area contributed by atoms with Crippen molar-refractivity contribution < 1.29 is 9.90 Å². The van der Waals surface area contributed by atoms with Gasteiger partial charge in [-0.3, -0.25) is 4.98 Å². The predicted octanol–water partition coefficient (Wildman–Crippen LogP) is 4.12. The second-order valence-corrected chi connectivity index (χ2v) is 5.22. The molecule has 1 fully saturated rings. The first kappa shape index (κ1) is 11.8. The zero-order valence-corrected chi connectivity index (χ0v) is 10.8. The van der Waals surface area contributed by atoms with Gasteiger partial charge in [-0.1, -0.05) is 29.3 Å². The van der Waals surface area contributed by atoms with Crippen molar-refractivity contribution in [2.45, 2.75) is 18.8 Å². The minimum Gasteiger partial charge on any atom is -0.478 e. The number of aromatic carboxylic acids is 1. The molecule has 0 bridgehead atoms. The molecule has 1 aromatic heterocycles. The van der Waals surface area contributed by atoms with Crippen LogP contribution in [0.2, 0.25) is 10.0 Å². The summed E-state index contributed by atoms with van der Waals surface area (Å²) < 4.78 is 0. The minimum atomic E-state index is -0.970. The largest absolute Gasteiger partial charge is 0.478 e. The number of benzene rings is 1. The van der Waals surface area contributed by atoms with Crippen molar-refractivity contribution in [1.82, 2.24) is 4.98 Å².